The fraction of sp³-hybridized carbons (Fsp3) is 0.652. The summed E-state index contributed by atoms with van der Waals surface area (Å²) in [5.41, 5.74) is -0.321. The highest BCUT2D eigenvalue weighted by atomic mass is 127. The van der Waals surface area contributed by atoms with Crippen LogP contribution in [-0.4, -0.2) is 68.0 Å². The maximum Gasteiger partial charge on any atom is 0.230 e. The van der Waals surface area contributed by atoms with Gasteiger partial charge in [-0.3, -0.25) is 9.79 Å². The number of aliphatic imine (C=N–C) groups is 1. The van der Waals surface area contributed by atoms with Crippen molar-refractivity contribution in [3.63, 3.8) is 0 Å². The van der Waals surface area contributed by atoms with Crippen molar-refractivity contribution in [2.24, 2.45) is 10.4 Å². The van der Waals surface area contributed by atoms with Crippen molar-refractivity contribution in [3.05, 3.63) is 30.3 Å². The molecule has 0 bridgehead atoms. The summed E-state index contributed by atoms with van der Waals surface area (Å²) < 4.78 is 6.12. The third-order valence-corrected chi connectivity index (χ3v) is 6.07. The maximum atomic E-state index is 12.8. The van der Waals surface area contributed by atoms with Gasteiger partial charge in [0.1, 0.15) is 11.9 Å². The van der Waals surface area contributed by atoms with Crippen LogP contribution >= 0.6 is 24.0 Å². The first kappa shape index (κ1) is 24.8. The summed E-state index contributed by atoms with van der Waals surface area (Å²) in [6.45, 7) is 5.33. The molecule has 1 heterocycles. The summed E-state index contributed by atoms with van der Waals surface area (Å²) in [6.07, 6.45) is 6.32. The number of carbonyl (C=O) groups excluding carboxylic acids is 1. The number of halogens is 1. The first-order valence-corrected chi connectivity index (χ1v) is 11.0. The summed E-state index contributed by atoms with van der Waals surface area (Å²) >= 11 is 0. The molecule has 1 aromatic rings. The lowest BCUT2D eigenvalue weighted by molar-refractivity contribution is -0.138. The number of piperidine rings is 1. The zero-order valence-corrected chi connectivity index (χ0v) is 20.9. The number of nitrogens with zero attached hydrogens (tertiary/aromatic N) is 3. The van der Waals surface area contributed by atoms with E-state index in [0.717, 1.165) is 69.9 Å². The number of carbonyl (C=O) groups is 1. The molecule has 2 aliphatic rings. The molecule has 1 saturated heterocycles. The zero-order chi connectivity index (χ0) is 20.7. The van der Waals surface area contributed by atoms with Gasteiger partial charge >= 0.3 is 0 Å². The number of likely N-dealkylation sites (tertiary alicyclic amines) is 1. The average Bonchev–Trinajstić information content (AvgIpc) is 3.22. The highest BCUT2D eigenvalue weighted by Crippen LogP contribution is 2.39. The van der Waals surface area contributed by atoms with Crippen LogP contribution in [0, 0.1) is 5.41 Å². The van der Waals surface area contributed by atoms with Crippen LogP contribution in [0.3, 0.4) is 0 Å². The number of hydrogen-bond acceptors (Lipinski definition) is 3. The number of guanidine groups is 1. The average molecular weight is 528 g/mol. The van der Waals surface area contributed by atoms with Gasteiger partial charge in [-0.2, -0.15) is 0 Å². The van der Waals surface area contributed by atoms with E-state index in [2.05, 4.69) is 17.1 Å². The Morgan fingerprint density at radius 2 is 1.83 bits per heavy atom. The van der Waals surface area contributed by atoms with E-state index < -0.39 is 0 Å². The van der Waals surface area contributed by atoms with Crippen LogP contribution < -0.4 is 10.1 Å². The van der Waals surface area contributed by atoms with Gasteiger partial charge in [0, 0.05) is 46.6 Å². The Balaban J connectivity index is 0.00000320. The van der Waals surface area contributed by atoms with Gasteiger partial charge in [-0.25, -0.2) is 0 Å². The molecule has 1 N–H and O–H groups in total. The van der Waals surface area contributed by atoms with Gasteiger partial charge in [-0.05, 0) is 31.9 Å². The molecule has 3 rings (SSSR count). The van der Waals surface area contributed by atoms with Crippen LogP contribution in [0.1, 0.15) is 45.4 Å². The maximum absolute atomic E-state index is 12.8. The molecule has 168 valence electrons. The third-order valence-electron chi connectivity index (χ3n) is 6.07. The van der Waals surface area contributed by atoms with E-state index in [9.17, 15) is 4.79 Å². The summed E-state index contributed by atoms with van der Waals surface area (Å²) in [6, 6.07) is 10.1. The summed E-state index contributed by atoms with van der Waals surface area (Å²) in [5.74, 6) is 2.10. The number of nitrogens with one attached hydrogen (secondary N) is 1. The normalized spacial score (nSPS) is 19.2. The summed E-state index contributed by atoms with van der Waals surface area (Å²) in [5, 5.41) is 3.44. The SMILES string of the molecule is CCNC(=NCC1(C(=O)N(C)C)CCCC1)N1CCC(Oc2ccccc2)CC1.I. The molecular weight excluding hydrogens is 491 g/mol. The minimum absolute atomic E-state index is 0. The second-order valence-corrected chi connectivity index (χ2v) is 8.47. The van der Waals surface area contributed by atoms with Gasteiger partial charge in [-0.15, -0.1) is 24.0 Å². The molecule has 7 heteroatoms. The van der Waals surface area contributed by atoms with Crippen LogP contribution in [0.15, 0.2) is 35.3 Å². The lowest BCUT2D eigenvalue weighted by atomic mass is 9.85. The Kier molecular flexibility index (Phi) is 9.71. The van der Waals surface area contributed by atoms with Gasteiger partial charge in [0.15, 0.2) is 5.96 Å². The van der Waals surface area contributed by atoms with Gasteiger partial charge in [-0.1, -0.05) is 31.0 Å². The molecular formula is C23H37IN4O2. The van der Waals surface area contributed by atoms with Crippen LogP contribution in [0.4, 0.5) is 0 Å². The highest BCUT2D eigenvalue weighted by Gasteiger charge is 2.42. The highest BCUT2D eigenvalue weighted by molar-refractivity contribution is 14.0. The van der Waals surface area contributed by atoms with Crippen molar-refractivity contribution >= 4 is 35.8 Å². The standard InChI is InChI=1S/C23H36N4O2.HI/c1-4-24-22(25-18-23(14-8-9-15-23)21(28)26(2)3)27-16-12-20(13-17-27)29-19-10-6-5-7-11-19;/h5-7,10-11,20H,4,8-9,12-18H2,1-3H3,(H,24,25);1H. The quantitative estimate of drug-likeness (QED) is 0.347. The largest absolute Gasteiger partial charge is 0.490 e. The second kappa shape index (κ2) is 11.8. The van der Waals surface area contributed by atoms with Gasteiger partial charge in [0.05, 0.1) is 12.0 Å². The Morgan fingerprint density at radius 1 is 1.20 bits per heavy atom. The molecule has 2 fully saturated rings. The first-order chi connectivity index (χ1) is 14.0. The molecule has 1 saturated carbocycles. The van der Waals surface area contributed by atoms with E-state index in [1.165, 1.54) is 0 Å². The molecule has 1 aliphatic heterocycles. The van der Waals surface area contributed by atoms with E-state index in [-0.39, 0.29) is 41.4 Å². The van der Waals surface area contributed by atoms with E-state index >= 15 is 0 Å². The van der Waals surface area contributed by atoms with Crippen LogP contribution in [0.5, 0.6) is 5.75 Å². The topological polar surface area (TPSA) is 57.2 Å². The van der Waals surface area contributed by atoms with E-state index in [1.807, 2.05) is 44.4 Å². The number of benzene rings is 1. The molecule has 0 unspecified atom stereocenters. The summed E-state index contributed by atoms with van der Waals surface area (Å²) in [7, 11) is 3.71. The number of para-hydroxylation sites is 1. The minimum atomic E-state index is -0.321. The number of rotatable bonds is 6. The fourth-order valence-corrected chi connectivity index (χ4v) is 4.49. The fourth-order valence-electron chi connectivity index (χ4n) is 4.49. The van der Waals surface area contributed by atoms with E-state index in [4.69, 9.17) is 9.73 Å². The van der Waals surface area contributed by atoms with Crippen LogP contribution in [0.25, 0.3) is 0 Å². The molecule has 0 aromatic heterocycles. The lowest BCUT2D eigenvalue weighted by Crippen LogP contribution is -2.48. The Bertz CT molecular complexity index is 682. The monoisotopic (exact) mass is 528 g/mol. The molecule has 0 spiro atoms. The van der Waals surface area contributed by atoms with Crippen LogP contribution in [0.2, 0.25) is 0 Å². The van der Waals surface area contributed by atoms with E-state index in [0.29, 0.717) is 6.54 Å². The van der Waals surface area contributed by atoms with Gasteiger partial charge < -0.3 is 19.9 Å². The molecule has 1 amide bonds. The summed E-state index contributed by atoms with van der Waals surface area (Å²) in [4.78, 5) is 21.8. The predicted molar refractivity (Wildman–Crippen MR) is 133 cm³/mol. The zero-order valence-electron chi connectivity index (χ0n) is 18.6. The van der Waals surface area contributed by atoms with Crippen molar-refractivity contribution in [3.8, 4) is 5.75 Å². The lowest BCUT2D eigenvalue weighted by Gasteiger charge is -2.35. The Hall–Kier alpha value is -1.51. The smallest absolute Gasteiger partial charge is 0.230 e. The van der Waals surface area contributed by atoms with Crippen molar-refractivity contribution in [1.82, 2.24) is 15.1 Å². The molecule has 1 aromatic carbocycles. The molecule has 6 nitrogen and oxygen atoms in total. The van der Waals surface area contributed by atoms with Crippen LogP contribution in [-0.2, 0) is 4.79 Å². The molecule has 0 radical (unpaired) electrons. The molecule has 0 atom stereocenters. The van der Waals surface area contributed by atoms with Gasteiger partial charge in [0.25, 0.3) is 0 Å². The second-order valence-electron chi connectivity index (χ2n) is 8.47. The molecule has 30 heavy (non-hydrogen) atoms. The Morgan fingerprint density at radius 3 is 2.40 bits per heavy atom. The van der Waals surface area contributed by atoms with Crippen molar-refractivity contribution in [2.75, 3.05) is 40.3 Å². The molecule has 1 aliphatic carbocycles. The van der Waals surface area contributed by atoms with E-state index in [1.54, 1.807) is 4.90 Å². The number of ether oxygens (including phenoxy) is 1. The first-order valence-electron chi connectivity index (χ1n) is 11.0. The van der Waals surface area contributed by atoms with Crippen molar-refractivity contribution < 1.29 is 9.53 Å². The number of hydrogen-bond donors (Lipinski definition) is 1. The number of amides is 1. The third kappa shape index (κ3) is 6.25. The Labute approximate surface area is 198 Å². The predicted octanol–water partition coefficient (Wildman–Crippen LogP) is 3.76. The van der Waals surface area contributed by atoms with Gasteiger partial charge in [0.2, 0.25) is 5.91 Å². The minimum Gasteiger partial charge on any atom is -0.490 e. The van der Waals surface area contributed by atoms with Crippen molar-refractivity contribution in [1.29, 1.82) is 0 Å². The van der Waals surface area contributed by atoms with Crippen molar-refractivity contribution in [2.45, 2.75) is 51.6 Å².